The van der Waals surface area contributed by atoms with Crippen LogP contribution in [-0.2, 0) is 4.79 Å². The third kappa shape index (κ3) is 3.13. The highest BCUT2D eigenvalue weighted by atomic mass is 79.9. The standard InChI is InChI=1S/C20H16BrClN2OS/c1-11-3-5-15(7-12(11)2)24-18(25)10-26-20(24)16-9-13-8-14(21)4-6-17(13)23-19(16)22/h3-9,20H,10H2,1-2H3. The van der Waals surface area contributed by atoms with Crippen molar-refractivity contribution in [3.63, 3.8) is 0 Å². The van der Waals surface area contributed by atoms with Crippen LogP contribution in [0.15, 0.2) is 46.9 Å². The van der Waals surface area contributed by atoms with Crippen molar-refractivity contribution in [2.75, 3.05) is 10.7 Å². The quantitative estimate of drug-likeness (QED) is 0.449. The number of carbonyl (C=O) groups excluding carboxylic acids is 1. The molecule has 3 aromatic rings. The minimum absolute atomic E-state index is 0.0914. The Hall–Kier alpha value is -1.56. The molecular weight excluding hydrogens is 432 g/mol. The number of thioether (sulfide) groups is 1. The largest absolute Gasteiger partial charge is 0.295 e. The van der Waals surface area contributed by atoms with Gasteiger partial charge in [0.25, 0.3) is 0 Å². The first-order valence-electron chi connectivity index (χ1n) is 8.20. The highest BCUT2D eigenvalue weighted by Gasteiger charge is 2.35. The first-order valence-corrected chi connectivity index (χ1v) is 10.4. The van der Waals surface area contributed by atoms with Gasteiger partial charge in [0.1, 0.15) is 10.5 Å². The molecule has 1 aliphatic heterocycles. The lowest BCUT2D eigenvalue weighted by molar-refractivity contribution is -0.115. The number of carbonyl (C=O) groups is 1. The third-order valence-electron chi connectivity index (χ3n) is 4.66. The van der Waals surface area contributed by atoms with Crippen LogP contribution in [0.25, 0.3) is 10.9 Å². The molecule has 132 valence electrons. The second kappa shape index (κ2) is 6.87. The summed E-state index contributed by atoms with van der Waals surface area (Å²) in [5, 5.41) is 1.27. The summed E-state index contributed by atoms with van der Waals surface area (Å²) in [7, 11) is 0. The minimum atomic E-state index is -0.173. The van der Waals surface area contributed by atoms with E-state index in [4.69, 9.17) is 11.6 Å². The van der Waals surface area contributed by atoms with E-state index in [1.165, 1.54) is 5.56 Å². The Morgan fingerprint density at radius 1 is 1.15 bits per heavy atom. The molecule has 1 unspecified atom stereocenters. The Bertz CT molecular complexity index is 1040. The molecule has 0 spiro atoms. The Morgan fingerprint density at radius 2 is 1.96 bits per heavy atom. The molecule has 0 saturated carbocycles. The number of fused-ring (bicyclic) bond motifs is 1. The number of nitrogens with zero attached hydrogens (tertiary/aromatic N) is 2. The lowest BCUT2D eigenvalue weighted by atomic mass is 10.1. The molecule has 6 heteroatoms. The number of pyridine rings is 1. The first-order chi connectivity index (χ1) is 12.4. The fourth-order valence-electron chi connectivity index (χ4n) is 3.12. The van der Waals surface area contributed by atoms with Crippen molar-refractivity contribution in [2.45, 2.75) is 19.2 Å². The van der Waals surface area contributed by atoms with Gasteiger partial charge in [-0.3, -0.25) is 9.69 Å². The summed E-state index contributed by atoms with van der Waals surface area (Å²) in [5.41, 5.74) is 4.98. The molecule has 26 heavy (non-hydrogen) atoms. The van der Waals surface area contributed by atoms with E-state index in [9.17, 15) is 4.79 Å². The van der Waals surface area contributed by atoms with Crippen molar-refractivity contribution in [1.82, 2.24) is 4.98 Å². The van der Waals surface area contributed by atoms with E-state index in [0.717, 1.165) is 32.2 Å². The molecule has 0 radical (unpaired) electrons. The van der Waals surface area contributed by atoms with E-state index >= 15 is 0 Å². The Kier molecular flexibility index (Phi) is 4.71. The molecule has 4 rings (SSSR count). The van der Waals surface area contributed by atoms with E-state index in [1.807, 2.05) is 35.2 Å². The van der Waals surface area contributed by atoms with Crippen molar-refractivity contribution in [1.29, 1.82) is 0 Å². The summed E-state index contributed by atoms with van der Waals surface area (Å²) in [5.74, 6) is 0.526. The highest BCUT2D eigenvalue weighted by molar-refractivity contribution is 9.10. The molecule has 0 N–H and O–H groups in total. The Labute approximate surface area is 169 Å². The summed E-state index contributed by atoms with van der Waals surface area (Å²) in [4.78, 5) is 19.0. The van der Waals surface area contributed by atoms with Crippen molar-refractivity contribution in [3.8, 4) is 0 Å². The van der Waals surface area contributed by atoms with Crippen LogP contribution < -0.4 is 4.90 Å². The van der Waals surface area contributed by atoms with Gasteiger partial charge in [-0.25, -0.2) is 4.98 Å². The number of halogens is 2. The van der Waals surface area contributed by atoms with Crippen molar-refractivity contribution >= 4 is 61.8 Å². The van der Waals surface area contributed by atoms with Crippen LogP contribution in [0.2, 0.25) is 5.15 Å². The molecular formula is C20H16BrClN2OS. The van der Waals surface area contributed by atoms with Crippen LogP contribution in [0.4, 0.5) is 5.69 Å². The van der Waals surface area contributed by atoms with Gasteiger partial charge in [-0.2, -0.15) is 0 Å². The van der Waals surface area contributed by atoms with Gasteiger partial charge >= 0.3 is 0 Å². The lowest BCUT2D eigenvalue weighted by Gasteiger charge is -2.25. The second-order valence-electron chi connectivity index (χ2n) is 6.40. The van der Waals surface area contributed by atoms with Crippen LogP contribution in [0.5, 0.6) is 0 Å². The molecule has 0 bridgehead atoms. The molecule has 1 atom stereocenters. The number of hydrogen-bond donors (Lipinski definition) is 0. The molecule has 1 saturated heterocycles. The summed E-state index contributed by atoms with van der Waals surface area (Å²) in [6, 6.07) is 14.0. The summed E-state index contributed by atoms with van der Waals surface area (Å²) in [6.07, 6.45) is 0. The topological polar surface area (TPSA) is 33.2 Å². The van der Waals surface area contributed by atoms with E-state index in [0.29, 0.717) is 10.9 Å². The number of rotatable bonds is 2. The van der Waals surface area contributed by atoms with Gasteiger partial charge in [-0.15, -0.1) is 11.8 Å². The SMILES string of the molecule is Cc1ccc(N2C(=O)CSC2c2cc3cc(Br)ccc3nc2Cl)cc1C. The van der Waals surface area contributed by atoms with Gasteiger partial charge in [0.05, 0.1) is 11.3 Å². The third-order valence-corrected chi connectivity index (χ3v) is 6.65. The van der Waals surface area contributed by atoms with Crippen LogP contribution in [0, 0.1) is 13.8 Å². The summed E-state index contributed by atoms with van der Waals surface area (Å²) >= 11 is 11.6. The van der Waals surface area contributed by atoms with Gasteiger partial charge < -0.3 is 0 Å². The van der Waals surface area contributed by atoms with Crippen molar-refractivity contribution in [3.05, 3.63) is 68.8 Å². The van der Waals surface area contributed by atoms with E-state index < -0.39 is 0 Å². The predicted molar refractivity (Wildman–Crippen MR) is 113 cm³/mol. The van der Waals surface area contributed by atoms with Crippen molar-refractivity contribution < 1.29 is 4.79 Å². The average molecular weight is 448 g/mol. The predicted octanol–water partition coefficient (Wildman–Crippen LogP) is 6.05. The zero-order valence-electron chi connectivity index (χ0n) is 14.3. The number of hydrogen-bond acceptors (Lipinski definition) is 3. The van der Waals surface area contributed by atoms with Crippen LogP contribution >= 0.6 is 39.3 Å². The molecule has 1 aliphatic rings. The normalized spacial score (nSPS) is 17.3. The van der Waals surface area contributed by atoms with E-state index in [-0.39, 0.29) is 11.3 Å². The van der Waals surface area contributed by atoms with Gasteiger partial charge in [-0.05, 0) is 61.4 Å². The molecule has 1 aromatic heterocycles. The first kappa shape index (κ1) is 17.8. The van der Waals surface area contributed by atoms with E-state index in [1.54, 1.807) is 11.8 Å². The van der Waals surface area contributed by atoms with Crippen LogP contribution in [0.3, 0.4) is 0 Å². The monoisotopic (exact) mass is 446 g/mol. The molecule has 2 heterocycles. The lowest BCUT2D eigenvalue weighted by Crippen LogP contribution is -2.28. The van der Waals surface area contributed by atoms with Gasteiger partial charge in [0.2, 0.25) is 5.91 Å². The smallest absolute Gasteiger partial charge is 0.238 e. The van der Waals surface area contributed by atoms with E-state index in [2.05, 4.69) is 46.9 Å². The number of aromatic nitrogens is 1. The molecule has 2 aromatic carbocycles. The maximum atomic E-state index is 12.6. The molecule has 1 amide bonds. The summed E-state index contributed by atoms with van der Waals surface area (Å²) < 4.78 is 0.987. The molecule has 3 nitrogen and oxygen atoms in total. The zero-order valence-corrected chi connectivity index (χ0v) is 17.5. The summed E-state index contributed by atoms with van der Waals surface area (Å²) in [6.45, 7) is 4.13. The van der Waals surface area contributed by atoms with Gasteiger partial charge in [0.15, 0.2) is 0 Å². The maximum Gasteiger partial charge on any atom is 0.238 e. The second-order valence-corrected chi connectivity index (χ2v) is 8.74. The Morgan fingerprint density at radius 3 is 2.73 bits per heavy atom. The zero-order chi connectivity index (χ0) is 18.4. The number of benzene rings is 2. The van der Waals surface area contributed by atoms with Crippen molar-refractivity contribution in [2.24, 2.45) is 0 Å². The minimum Gasteiger partial charge on any atom is -0.295 e. The fraction of sp³-hybridized carbons (Fsp3) is 0.200. The maximum absolute atomic E-state index is 12.6. The van der Waals surface area contributed by atoms with Gasteiger partial charge in [-0.1, -0.05) is 33.6 Å². The molecule has 0 aliphatic carbocycles. The van der Waals surface area contributed by atoms with Crippen LogP contribution in [-0.4, -0.2) is 16.6 Å². The Balaban J connectivity index is 1.82. The highest BCUT2D eigenvalue weighted by Crippen LogP contribution is 2.44. The average Bonchev–Trinajstić information content (AvgIpc) is 2.98. The fourth-order valence-corrected chi connectivity index (χ4v) is 5.00. The number of aryl methyl sites for hydroxylation is 2. The number of amides is 1. The molecule has 1 fully saturated rings. The van der Waals surface area contributed by atoms with Crippen LogP contribution in [0.1, 0.15) is 22.1 Å². The van der Waals surface area contributed by atoms with Gasteiger partial charge in [0, 0.05) is 21.1 Å². The number of anilines is 1.